The number of allylic oxidation sites excluding steroid dienone is 2. The van der Waals surface area contributed by atoms with E-state index in [0.29, 0.717) is 10.8 Å². The Morgan fingerprint density at radius 2 is 1.61 bits per heavy atom. The highest BCUT2D eigenvalue weighted by Crippen LogP contribution is 2.67. The highest BCUT2D eigenvalue weighted by Gasteiger charge is 2.57. The van der Waals surface area contributed by atoms with Crippen LogP contribution < -0.4 is 0 Å². The second kappa shape index (κ2) is 5.12. The minimum atomic E-state index is 0.551. The molecule has 0 radical (unpaired) electrons. The van der Waals surface area contributed by atoms with Gasteiger partial charge in [0, 0.05) is 0 Å². The van der Waals surface area contributed by atoms with Gasteiger partial charge in [0.15, 0.2) is 0 Å². The van der Waals surface area contributed by atoms with Gasteiger partial charge < -0.3 is 0 Å². The molecule has 0 nitrogen and oxygen atoms in total. The summed E-state index contributed by atoms with van der Waals surface area (Å²) in [6.45, 7) is 15.5. The maximum Gasteiger partial charge on any atom is -0.00847 e. The summed E-state index contributed by atoms with van der Waals surface area (Å²) >= 11 is 0. The van der Waals surface area contributed by atoms with Gasteiger partial charge in [0.25, 0.3) is 0 Å². The zero-order valence-corrected chi connectivity index (χ0v) is 16.4. The Kier molecular flexibility index (Phi) is 3.61. The van der Waals surface area contributed by atoms with Crippen LogP contribution in [0.4, 0.5) is 0 Å². The molecule has 2 saturated carbocycles. The van der Waals surface area contributed by atoms with E-state index in [1.165, 1.54) is 44.9 Å². The van der Waals surface area contributed by atoms with Crippen molar-refractivity contribution in [2.24, 2.45) is 46.3 Å². The van der Waals surface area contributed by atoms with Crippen molar-refractivity contribution in [2.75, 3.05) is 0 Å². The van der Waals surface area contributed by atoms with Crippen molar-refractivity contribution in [3.8, 4) is 0 Å². The normalized spacial score (nSPS) is 56.1. The molecule has 4 aliphatic carbocycles. The van der Waals surface area contributed by atoms with Gasteiger partial charge >= 0.3 is 0 Å². The zero-order valence-electron chi connectivity index (χ0n) is 16.4. The van der Waals surface area contributed by atoms with Crippen molar-refractivity contribution in [1.82, 2.24) is 0 Å². The van der Waals surface area contributed by atoms with Crippen LogP contribution >= 0.6 is 0 Å². The summed E-state index contributed by atoms with van der Waals surface area (Å²) in [6.07, 6.45) is 10.3. The molecule has 8 unspecified atom stereocenters. The molecule has 0 heterocycles. The summed E-state index contributed by atoms with van der Waals surface area (Å²) in [6, 6.07) is 0. The Morgan fingerprint density at radius 1 is 0.870 bits per heavy atom. The summed E-state index contributed by atoms with van der Waals surface area (Å²) < 4.78 is 0. The molecule has 0 bridgehead atoms. The van der Waals surface area contributed by atoms with E-state index in [-0.39, 0.29) is 0 Å². The lowest BCUT2D eigenvalue weighted by Gasteiger charge is -2.58. The monoisotopic (exact) mass is 314 g/mol. The molecule has 0 heteroatoms. The van der Waals surface area contributed by atoms with Gasteiger partial charge in [-0.3, -0.25) is 0 Å². The lowest BCUT2D eigenvalue weighted by atomic mass is 9.47. The molecule has 0 aromatic rings. The van der Waals surface area contributed by atoms with E-state index in [4.69, 9.17) is 0 Å². The molecule has 4 rings (SSSR count). The Bertz CT molecular complexity index is 528. The van der Waals surface area contributed by atoms with Gasteiger partial charge in [-0.05, 0) is 91.3 Å². The fraction of sp³-hybridized carbons (Fsp3) is 0.913. The summed E-state index contributed by atoms with van der Waals surface area (Å²) in [4.78, 5) is 0. The first-order valence-electron chi connectivity index (χ1n) is 10.5. The smallest absolute Gasteiger partial charge is 0.00847 e. The second-order valence-electron chi connectivity index (χ2n) is 10.6. The van der Waals surface area contributed by atoms with E-state index >= 15 is 0 Å². The average molecular weight is 315 g/mol. The van der Waals surface area contributed by atoms with Gasteiger partial charge in [-0.2, -0.15) is 0 Å². The Labute approximate surface area is 144 Å². The zero-order chi connectivity index (χ0) is 16.6. The first-order chi connectivity index (χ1) is 10.8. The highest BCUT2D eigenvalue weighted by atomic mass is 14.6. The van der Waals surface area contributed by atoms with Crippen molar-refractivity contribution in [3.63, 3.8) is 0 Å². The standard InChI is InChI=1S/C23H38/c1-14-9-10-22(5)18(11-14)12-15(2)21-19-8-7-16(3)23(19,6)17(4)13-20(21)22/h14-19H,7-13H2,1-6H3. The van der Waals surface area contributed by atoms with Gasteiger partial charge in [0.2, 0.25) is 0 Å². The van der Waals surface area contributed by atoms with E-state index in [1.54, 1.807) is 0 Å². The maximum absolute atomic E-state index is 2.67. The first-order valence-corrected chi connectivity index (χ1v) is 10.5. The summed E-state index contributed by atoms with van der Waals surface area (Å²) in [7, 11) is 0. The molecule has 2 fully saturated rings. The number of hydrogen-bond donors (Lipinski definition) is 0. The molecule has 23 heavy (non-hydrogen) atoms. The van der Waals surface area contributed by atoms with E-state index in [0.717, 1.165) is 35.5 Å². The van der Waals surface area contributed by atoms with E-state index in [9.17, 15) is 0 Å². The topological polar surface area (TPSA) is 0 Å². The van der Waals surface area contributed by atoms with E-state index in [1.807, 2.05) is 11.1 Å². The fourth-order valence-electron chi connectivity index (χ4n) is 7.68. The third-order valence-corrected chi connectivity index (χ3v) is 9.60. The summed E-state index contributed by atoms with van der Waals surface area (Å²) in [5, 5.41) is 0. The highest BCUT2D eigenvalue weighted by molar-refractivity contribution is 5.36. The molecule has 0 amide bonds. The molecular weight excluding hydrogens is 276 g/mol. The van der Waals surface area contributed by atoms with Crippen LogP contribution in [-0.4, -0.2) is 0 Å². The lowest BCUT2D eigenvalue weighted by molar-refractivity contribution is 0.0276. The molecule has 0 aromatic heterocycles. The van der Waals surface area contributed by atoms with Gasteiger partial charge in [-0.15, -0.1) is 0 Å². The molecule has 0 aromatic carbocycles. The third-order valence-electron chi connectivity index (χ3n) is 9.60. The summed E-state index contributed by atoms with van der Waals surface area (Å²) in [5.74, 6) is 5.49. The molecule has 8 atom stereocenters. The SMILES string of the molecule is CC1CCC2(C)C3=C(C(C)CC2C1)C1CCC(C)C1(C)C(C)C3. The fourth-order valence-corrected chi connectivity index (χ4v) is 7.68. The van der Waals surface area contributed by atoms with Crippen LogP contribution in [-0.2, 0) is 0 Å². The van der Waals surface area contributed by atoms with Crippen molar-refractivity contribution in [3.05, 3.63) is 11.1 Å². The van der Waals surface area contributed by atoms with Crippen LogP contribution in [0, 0.1) is 46.3 Å². The molecular formula is C23H38. The van der Waals surface area contributed by atoms with E-state index in [2.05, 4.69) is 41.5 Å². The predicted octanol–water partition coefficient (Wildman–Crippen LogP) is 6.86. The Balaban J connectivity index is 1.81. The predicted molar refractivity (Wildman–Crippen MR) is 99.2 cm³/mol. The van der Waals surface area contributed by atoms with E-state index < -0.39 is 0 Å². The lowest BCUT2D eigenvalue weighted by Crippen LogP contribution is -2.48. The molecule has 130 valence electrons. The van der Waals surface area contributed by atoms with Crippen molar-refractivity contribution in [1.29, 1.82) is 0 Å². The third kappa shape index (κ3) is 2.02. The van der Waals surface area contributed by atoms with Crippen LogP contribution in [0.1, 0.15) is 86.5 Å². The largest absolute Gasteiger partial charge is 0.0640 e. The van der Waals surface area contributed by atoms with Crippen LogP contribution in [0.25, 0.3) is 0 Å². The minimum absolute atomic E-state index is 0.551. The molecule has 0 aliphatic heterocycles. The van der Waals surface area contributed by atoms with Crippen LogP contribution in [0.5, 0.6) is 0 Å². The molecule has 4 aliphatic rings. The van der Waals surface area contributed by atoms with Gasteiger partial charge in [0.05, 0.1) is 0 Å². The Hall–Kier alpha value is -0.260. The molecule has 0 N–H and O–H groups in total. The first kappa shape index (κ1) is 16.2. The van der Waals surface area contributed by atoms with Gasteiger partial charge in [-0.1, -0.05) is 52.7 Å². The second-order valence-corrected chi connectivity index (χ2v) is 10.6. The van der Waals surface area contributed by atoms with Crippen LogP contribution in [0.15, 0.2) is 11.1 Å². The number of hydrogen-bond acceptors (Lipinski definition) is 0. The van der Waals surface area contributed by atoms with Crippen LogP contribution in [0.2, 0.25) is 0 Å². The van der Waals surface area contributed by atoms with Crippen molar-refractivity contribution < 1.29 is 0 Å². The van der Waals surface area contributed by atoms with Gasteiger partial charge in [0.1, 0.15) is 0 Å². The van der Waals surface area contributed by atoms with Crippen molar-refractivity contribution in [2.45, 2.75) is 86.5 Å². The average Bonchev–Trinajstić information content (AvgIpc) is 2.80. The van der Waals surface area contributed by atoms with Crippen LogP contribution in [0.3, 0.4) is 0 Å². The van der Waals surface area contributed by atoms with Crippen molar-refractivity contribution >= 4 is 0 Å². The van der Waals surface area contributed by atoms with Gasteiger partial charge in [-0.25, -0.2) is 0 Å². The quantitative estimate of drug-likeness (QED) is 0.428. The molecule has 0 saturated heterocycles. The molecule has 0 spiro atoms. The Morgan fingerprint density at radius 3 is 2.35 bits per heavy atom. The summed E-state index contributed by atoms with van der Waals surface area (Å²) in [5.41, 5.74) is 5.08. The minimum Gasteiger partial charge on any atom is -0.0640 e. The maximum atomic E-state index is 2.67. The number of fused-ring (bicyclic) bond motifs is 4. The number of rotatable bonds is 0.